The van der Waals surface area contributed by atoms with Crippen LogP contribution in [0.25, 0.3) is 0 Å². The first-order valence-electron chi connectivity index (χ1n) is 25.4. The minimum absolute atomic E-state index is 0.0155. The molecule has 378 valence electrons. The van der Waals surface area contributed by atoms with E-state index in [0.29, 0.717) is 43.0 Å². The zero-order valence-corrected chi connectivity index (χ0v) is 41.4. The van der Waals surface area contributed by atoms with E-state index in [0.717, 1.165) is 56.1 Å². The number of oxime groups is 1. The maximum Gasteiger partial charge on any atom is 0.412 e. The highest BCUT2D eigenvalue weighted by atomic mass is 16.7. The molecule has 6 atom stereocenters. The largest absolute Gasteiger partial charge is 0.459 e. The second-order valence-corrected chi connectivity index (χ2v) is 19.2. The lowest BCUT2D eigenvalue weighted by Crippen LogP contribution is -2.70. The van der Waals surface area contributed by atoms with Gasteiger partial charge in [0, 0.05) is 44.2 Å². The van der Waals surface area contributed by atoms with E-state index in [1.54, 1.807) is 23.1 Å². The van der Waals surface area contributed by atoms with E-state index in [-0.39, 0.29) is 77.0 Å². The summed E-state index contributed by atoms with van der Waals surface area (Å²) in [5.41, 5.74) is 1.71. The van der Waals surface area contributed by atoms with Crippen molar-refractivity contribution in [2.75, 3.05) is 59.3 Å². The predicted molar refractivity (Wildman–Crippen MR) is 262 cm³/mol. The van der Waals surface area contributed by atoms with Gasteiger partial charge in [0.15, 0.2) is 0 Å². The smallest absolute Gasteiger partial charge is 0.412 e. The summed E-state index contributed by atoms with van der Waals surface area (Å²) in [5, 5.41) is 37.3. The van der Waals surface area contributed by atoms with Gasteiger partial charge in [0.25, 0.3) is 0 Å². The average molecular weight is 940 g/mol. The molecule has 4 N–H and O–H groups in total. The van der Waals surface area contributed by atoms with Crippen molar-refractivity contribution < 1.29 is 53.4 Å². The molecule has 0 bridgehead atoms. The van der Waals surface area contributed by atoms with E-state index >= 15 is 0 Å². The Hall–Kier alpha value is -3.95. The third kappa shape index (κ3) is 16.9. The van der Waals surface area contributed by atoms with Crippen molar-refractivity contribution in [3.05, 3.63) is 60.7 Å². The molecular weight excluding hydrogens is 855 g/mol. The molecule has 0 saturated heterocycles. The van der Waals surface area contributed by atoms with Gasteiger partial charge in [-0.2, -0.15) is 0 Å². The molecule has 1 aromatic carbocycles. The zero-order valence-electron chi connectivity index (χ0n) is 41.4. The highest BCUT2D eigenvalue weighted by Crippen LogP contribution is 2.62. The summed E-state index contributed by atoms with van der Waals surface area (Å²) < 4.78 is 31.9. The normalized spacial score (nSPS) is 22.5. The fourth-order valence-electron chi connectivity index (χ4n) is 9.87. The van der Waals surface area contributed by atoms with E-state index in [1.165, 1.54) is 44.9 Å². The van der Waals surface area contributed by atoms with Crippen LogP contribution in [-0.4, -0.2) is 115 Å². The van der Waals surface area contributed by atoms with Crippen LogP contribution in [0.4, 0.5) is 9.59 Å². The van der Waals surface area contributed by atoms with Gasteiger partial charge in [-0.25, -0.2) is 9.59 Å². The predicted octanol–water partition coefficient (Wildman–Crippen LogP) is 10.2. The van der Waals surface area contributed by atoms with Crippen LogP contribution in [-0.2, 0) is 19.0 Å². The first-order valence-corrected chi connectivity index (χ1v) is 25.4. The van der Waals surface area contributed by atoms with Crippen LogP contribution in [0.15, 0.2) is 60.3 Å². The zero-order chi connectivity index (χ0) is 48.5. The Morgan fingerprint density at radius 1 is 0.896 bits per heavy atom. The maximum atomic E-state index is 14.4. The maximum absolute atomic E-state index is 14.4. The molecule has 1 aromatic rings. The van der Waals surface area contributed by atoms with Gasteiger partial charge in [0.05, 0.1) is 44.7 Å². The first-order chi connectivity index (χ1) is 32.5. The van der Waals surface area contributed by atoms with Crippen LogP contribution in [0.2, 0.25) is 0 Å². The highest BCUT2D eigenvalue weighted by molar-refractivity contribution is 6.03. The van der Waals surface area contributed by atoms with Gasteiger partial charge in [-0.3, -0.25) is 4.90 Å². The van der Waals surface area contributed by atoms with Crippen LogP contribution in [0.5, 0.6) is 11.5 Å². The van der Waals surface area contributed by atoms with Crippen LogP contribution in [0.3, 0.4) is 0 Å². The number of aliphatic hydroxyl groups excluding tert-OH is 3. The number of nitrogens with zero attached hydrogens (tertiary/aromatic N) is 2. The van der Waals surface area contributed by atoms with Crippen molar-refractivity contribution in [2.45, 2.75) is 167 Å². The average Bonchev–Trinajstić information content (AvgIpc) is 3.30. The van der Waals surface area contributed by atoms with Gasteiger partial charge in [-0.1, -0.05) is 101 Å². The van der Waals surface area contributed by atoms with Gasteiger partial charge in [0.2, 0.25) is 5.79 Å². The monoisotopic (exact) mass is 940 g/mol. The molecule has 0 spiro atoms. The summed E-state index contributed by atoms with van der Waals surface area (Å²) in [7, 11) is 0. The molecule has 4 rings (SSSR count). The first kappa shape index (κ1) is 55.6. The molecule has 1 fully saturated rings. The molecule has 14 nitrogen and oxygen atoms in total. The van der Waals surface area contributed by atoms with E-state index in [2.05, 4.69) is 31.5 Å². The number of unbranched alkanes of at least 4 members (excludes halogenated alkanes) is 11. The Morgan fingerprint density at radius 3 is 2.25 bits per heavy atom. The lowest BCUT2D eigenvalue weighted by Gasteiger charge is -2.59. The van der Waals surface area contributed by atoms with E-state index in [9.17, 15) is 24.9 Å². The van der Waals surface area contributed by atoms with Crippen LogP contribution < -0.4 is 14.8 Å². The summed E-state index contributed by atoms with van der Waals surface area (Å²) in [4.78, 5) is 35.6. The topological polar surface area (TPSA) is 178 Å². The molecule has 67 heavy (non-hydrogen) atoms. The molecule has 1 heterocycles. The van der Waals surface area contributed by atoms with Crippen molar-refractivity contribution >= 4 is 17.9 Å². The van der Waals surface area contributed by atoms with Gasteiger partial charge < -0.3 is 49.2 Å². The molecule has 2 aliphatic carbocycles. The van der Waals surface area contributed by atoms with E-state index in [1.807, 2.05) is 32.9 Å². The number of aliphatic hydroxyl groups is 3. The SMILES string of the molecule is C=CCCOC(=O)N(CCOCCO)[C@H]1CC(=NOC(C)(C)C)C2=C[C@H](CCCCO)[C@@H](CCCCO)[C@@H]3c4cc(OC(=O)NCCCCCCCCCCCC)ccc4O[C@@]1(OCC=C)[C@H]23. The molecule has 2 amide bonds. The molecular formula is C53H85N3O11. The lowest BCUT2D eigenvalue weighted by atomic mass is 9.55. The minimum atomic E-state index is -1.52. The summed E-state index contributed by atoms with van der Waals surface area (Å²) in [6, 6.07) is 4.61. The quantitative estimate of drug-likeness (QED) is 0.0300. The number of fused-ring (bicyclic) bond motifs is 2. The van der Waals surface area contributed by atoms with Crippen LogP contribution >= 0.6 is 0 Å². The number of hydrogen-bond donors (Lipinski definition) is 4. The lowest BCUT2D eigenvalue weighted by molar-refractivity contribution is -0.256. The number of rotatable bonds is 33. The number of hydrogen-bond acceptors (Lipinski definition) is 12. The second kappa shape index (κ2) is 29.8. The Balaban J connectivity index is 1.82. The molecule has 0 aromatic heterocycles. The van der Waals surface area contributed by atoms with E-state index in [4.69, 9.17) is 33.7 Å². The summed E-state index contributed by atoms with van der Waals surface area (Å²) in [6.07, 6.45) is 21.5. The Kier molecular flexibility index (Phi) is 24.8. The van der Waals surface area contributed by atoms with Crippen molar-refractivity contribution in [3.63, 3.8) is 0 Å². The molecule has 0 radical (unpaired) electrons. The number of nitrogens with one attached hydrogen (secondary N) is 1. The number of ether oxygens (including phenoxy) is 5. The van der Waals surface area contributed by atoms with Gasteiger partial charge in [0.1, 0.15) is 23.1 Å². The number of benzene rings is 1. The van der Waals surface area contributed by atoms with Crippen molar-refractivity contribution in [1.29, 1.82) is 0 Å². The van der Waals surface area contributed by atoms with Crippen molar-refractivity contribution in [3.8, 4) is 11.5 Å². The summed E-state index contributed by atoms with van der Waals surface area (Å²) >= 11 is 0. The highest BCUT2D eigenvalue weighted by Gasteiger charge is 2.65. The summed E-state index contributed by atoms with van der Waals surface area (Å²) in [6.45, 7) is 16.8. The Labute approximate surface area is 401 Å². The molecule has 14 heteroatoms. The number of carbonyl (C=O) groups excluding carboxylic acids is 2. The molecule has 1 saturated carbocycles. The molecule has 3 aliphatic rings. The Morgan fingerprint density at radius 2 is 1.60 bits per heavy atom. The molecule has 0 unspecified atom stereocenters. The molecule has 1 aliphatic heterocycles. The second-order valence-electron chi connectivity index (χ2n) is 19.2. The van der Waals surface area contributed by atoms with E-state index < -0.39 is 35.5 Å². The van der Waals surface area contributed by atoms with Crippen molar-refractivity contribution in [2.24, 2.45) is 22.9 Å². The minimum Gasteiger partial charge on any atom is -0.459 e. The summed E-state index contributed by atoms with van der Waals surface area (Å²) in [5.74, 6) is -1.53. The van der Waals surface area contributed by atoms with Gasteiger partial charge in [-0.05, 0) is 94.9 Å². The Bertz CT molecular complexity index is 1710. The van der Waals surface area contributed by atoms with Gasteiger partial charge >= 0.3 is 12.2 Å². The fraction of sp³-hybridized carbons (Fsp3) is 0.717. The fourth-order valence-corrected chi connectivity index (χ4v) is 9.87. The third-order valence-corrected chi connectivity index (χ3v) is 13.0. The van der Waals surface area contributed by atoms with Crippen LogP contribution in [0.1, 0.15) is 155 Å². The van der Waals surface area contributed by atoms with Crippen LogP contribution in [0, 0.1) is 17.8 Å². The van der Waals surface area contributed by atoms with Crippen molar-refractivity contribution in [1.82, 2.24) is 10.2 Å². The third-order valence-electron chi connectivity index (χ3n) is 13.0. The standard InChI is InChI=1S/C53H85N3O11/c1-7-10-12-13-14-15-16-17-18-21-28-54-50(60)65-41-26-27-46-44(38-41)48-42(25-20-23-31-58)40(24-19-22-30-57)37-43-45(55-67-52(4,5)6)39-47(53(66-46,49(43)48)64-33-9-3)56(29-35-62-36-32-59)51(61)63-34-11-8-2/h8-9,26-27,37-38,40,42,47-49,57-59H,2-3,7,10-25,28-36,39H2,1,4-6H3,(H,54,60)/t40-,42+,47-,48+,49+,53+/m0/s1. The number of carbonyl (C=O) groups is 2. The number of allylic oxidation sites excluding steroid dienone is 1. The van der Waals surface area contributed by atoms with Gasteiger partial charge in [-0.15, -0.1) is 13.2 Å². The number of amides is 2.